The van der Waals surface area contributed by atoms with Crippen molar-refractivity contribution in [2.24, 2.45) is 0 Å². The van der Waals surface area contributed by atoms with Crippen LogP contribution in [0.4, 0.5) is 24.1 Å². The maximum absolute atomic E-state index is 12.8. The fourth-order valence-corrected chi connectivity index (χ4v) is 3.10. The van der Waals surface area contributed by atoms with Gasteiger partial charge in [-0.25, -0.2) is 9.97 Å². The zero-order chi connectivity index (χ0) is 17.2. The number of anilines is 2. The predicted molar refractivity (Wildman–Crippen MR) is 87.4 cm³/mol. The van der Waals surface area contributed by atoms with Gasteiger partial charge in [0.25, 0.3) is 0 Å². The first-order valence-corrected chi connectivity index (χ1v) is 8.10. The van der Waals surface area contributed by atoms with Crippen molar-refractivity contribution in [3.8, 4) is 11.4 Å². The van der Waals surface area contributed by atoms with Gasteiger partial charge in [0.05, 0.1) is 22.0 Å². The highest BCUT2D eigenvalue weighted by molar-refractivity contribution is 7.16. The van der Waals surface area contributed by atoms with Gasteiger partial charge in [-0.2, -0.15) is 13.2 Å². The van der Waals surface area contributed by atoms with E-state index in [2.05, 4.69) is 20.3 Å². The molecule has 0 aliphatic heterocycles. The van der Waals surface area contributed by atoms with E-state index in [0.29, 0.717) is 16.5 Å². The number of rotatable bonds is 4. The lowest BCUT2D eigenvalue weighted by atomic mass is 10.2. The van der Waals surface area contributed by atoms with Crippen molar-refractivity contribution in [1.29, 1.82) is 0 Å². The monoisotopic (exact) mass is 370 g/mol. The summed E-state index contributed by atoms with van der Waals surface area (Å²) in [4.78, 5) is 13.3. The molecule has 4 nitrogen and oxygen atoms in total. The normalized spacial score (nSPS) is 11.5. The predicted octanol–water partition coefficient (Wildman–Crippen LogP) is 5.10. The Hall–Kier alpha value is -2.19. The van der Waals surface area contributed by atoms with Crippen LogP contribution in [0.1, 0.15) is 10.4 Å². The Bertz CT molecular complexity index is 836. The van der Waals surface area contributed by atoms with Crippen LogP contribution in [0.15, 0.2) is 42.7 Å². The second-order valence-corrected chi connectivity index (χ2v) is 6.04. The molecule has 124 valence electrons. The number of halogens is 4. The van der Waals surface area contributed by atoms with Crippen molar-refractivity contribution in [2.45, 2.75) is 12.1 Å². The highest BCUT2D eigenvalue weighted by atomic mass is 35.5. The Morgan fingerprint density at radius 3 is 2.62 bits per heavy atom. The molecule has 0 bridgehead atoms. The molecule has 0 radical (unpaired) electrons. The van der Waals surface area contributed by atoms with Gasteiger partial charge in [0.2, 0.25) is 0 Å². The molecule has 0 aromatic carbocycles. The first kappa shape index (κ1) is 16.7. The van der Waals surface area contributed by atoms with Gasteiger partial charge in [0, 0.05) is 12.4 Å². The van der Waals surface area contributed by atoms with E-state index in [-0.39, 0.29) is 11.7 Å². The van der Waals surface area contributed by atoms with E-state index in [1.54, 1.807) is 18.3 Å². The Kier molecular flexibility index (Phi) is 4.68. The van der Waals surface area contributed by atoms with Crippen LogP contribution >= 0.6 is 22.9 Å². The van der Waals surface area contributed by atoms with Gasteiger partial charge < -0.3 is 5.32 Å². The van der Waals surface area contributed by atoms with Crippen molar-refractivity contribution < 1.29 is 13.2 Å². The molecule has 3 heterocycles. The second kappa shape index (κ2) is 6.74. The Balaban J connectivity index is 1.90. The van der Waals surface area contributed by atoms with Crippen molar-refractivity contribution in [3.05, 3.63) is 53.2 Å². The van der Waals surface area contributed by atoms with Gasteiger partial charge in [-0.1, -0.05) is 17.4 Å². The highest BCUT2D eigenvalue weighted by Gasteiger charge is 2.30. The molecular weight excluding hydrogens is 361 g/mol. The number of nitrogens with one attached hydrogen (secondary N) is 1. The van der Waals surface area contributed by atoms with E-state index in [9.17, 15) is 13.2 Å². The van der Waals surface area contributed by atoms with E-state index in [1.807, 2.05) is 6.07 Å². The average molecular weight is 371 g/mol. The summed E-state index contributed by atoms with van der Waals surface area (Å²) in [5.41, 5.74) is 0.471. The van der Waals surface area contributed by atoms with Crippen LogP contribution < -0.4 is 5.32 Å². The van der Waals surface area contributed by atoms with E-state index >= 15 is 0 Å². The highest BCUT2D eigenvalue weighted by Crippen LogP contribution is 2.34. The van der Waals surface area contributed by atoms with Crippen molar-refractivity contribution in [1.82, 2.24) is 15.0 Å². The van der Waals surface area contributed by atoms with Crippen LogP contribution in [0.25, 0.3) is 11.4 Å². The van der Waals surface area contributed by atoms with Gasteiger partial charge in [0.1, 0.15) is 11.5 Å². The lowest BCUT2D eigenvalue weighted by Gasteiger charge is -2.08. The van der Waals surface area contributed by atoms with Gasteiger partial charge in [0.15, 0.2) is 5.13 Å². The van der Waals surface area contributed by atoms with Crippen LogP contribution in [0.2, 0.25) is 0 Å². The summed E-state index contributed by atoms with van der Waals surface area (Å²) in [5.74, 6) is 0.286. The molecule has 3 aromatic rings. The van der Waals surface area contributed by atoms with Gasteiger partial charge in [-0.15, -0.1) is 11.6 Å². The summed E-state index contributed by atoms with van der Waals surface area (Å²) in [7, 11) is 0. The van der Waals surface area contributed by atoms with Gasteiger partial charge >= 0.3 is 6.18 Å². The van der Waals surface area contributed by atoms with Crippen LogP contribution in [0.3, 0.4) is 0 Å². The molecule has 9 heteroatoms. The molecule has 0 saturated carbocycles. The fraction of sp³-hybridized carbons (Fsp3) is 0.133. The minimum atomic E-state index is -4.43. The van der Waals surface area contributed by atoms with E-state index in [0.717, 1.165) is 23.2 Å². The van der Waals surface area contributed by atoms with Crippen LogP contribution in [-0.2, 0) is 12.1 Å². The molecule has 0 fully saturated rings. The van der Waals surface area contributed by atoms with E-state index in [4.69, 9.17) is 11.6 Å². The Morgan fingerprint density at radius 2 is 1.96 bits per heavy atom. The lowest BCUT2D eigenvalue weighted by Crippen LogP contribution is -2.06. The summed E-state index contributed by atoms with van der Waals surface area (Å²) >= 11 is 7.18. The standard InChI is InChI=1S/C15H10ClF3N4S/c16-8-11-13(10-3-1-2-5-20-10)23-14(24-11)22-12-7-9(4-6-21-12)15(17,18)19/h1-7H,8H2,(H,21,22,23). The smallest absolute Gasteiger partial charge is 0.316 e. The molecule has 0 saturated heterocycles. The van der Waals surface area contributed by atoms with Crippen LogP contribution in [-0.4, -0.2) is 15.0 Å². The lowest BCUT2D eigenvalue weighted by molar-refractivity contribution is -0.137. The number of hydrogen-bond acceptors (Lipinski definition) is 5. The molecule has 1 N–H and O–H groups in total. The summed E-state index contributed by atoms with van der Waals surface area (Å²) in [6, 6.07) is 7.24. The molecule has 0 amide bonds. The molecule has 24 heavy (non-hydrogen) atoms. The summed E-state index contributed by atoms with van der Waals surface area (Å²) in [6.45, 7) is 0. The SMILES string of the molecule is FC(F)(F)c1ccnc(Nc2nc(-c3ccccn3)c(CCl)s2)c1. The number of thiazole rings is 1. The molecule has 0 atom stereocenters. The number of hydrogen-bond donors (Lipinski definition) is 1. The number of pyridine rings is 2. The fourth-order valence-electron chi connectivity index (χ4n) is 1.98. The third-order valence-corrected chi connectivity index (χ3v) is 4.45. The third kappa shape index (κ3) is 3.65. The molecule has 0 spiro atoms. The van der Waals surface area contributed by atoms with E-state index in [1.165, 1.54) is 11.3 Å². The summed E-state index contributed by atoms with van der Waals surface area (Å²) < 4.78 is 38.3. The van der Waals surface area contributed by atoms with Crippen LogP contribution in [0, 0.1) is 0 Å². The number of aromatic nitrogens is 3. The number of alkyl halides is 4. The Morgan fingerprint density at radius 1 is 1.12 bits per heavy atom. The molecule has 3 aromatic heterocycles. The minimum absolute atomic E-state index is 0.0623. The third-order valence-electron chi connectivity index (χ3n) is 3.05. The Labute approximate surface area is 144 Å². The topological polar surface area (TPSA) is 50.7 Å². The maximum atomic E-state index is 12.8. The molecule has 3 rings (SSSR count). The summed E-state index contributed by atoms with van der Waals surface area (Å²) in [6.07, 6.45) is -1.70. The average Bonchev–Trinajstić information content (AvgIpc) is 2.98. The first-order valence-electron chi connectivity index (χ1n) is 6.74. The quantitative estimate of drug-likeness (QED) is 0.649. The second-order valence-electron chi connectivity index (χ2n) is 4.69. The van der Waals surface area contributed by atoms with Gasteiger partial charge in [-0.05, 0) is 24.3 Å². The largest absolute Gasteiger partial charge is 0.416 e. The summed E-state index contributed by atoms with van der Waals surface area (Å²) in [5, 5.41) is 3.19. The maximum Gasteiger partial charge on any atom is 0.416 e. The van der Waals surface area contributed by atoms with E-state index < -0.39 is 11.7 Å². The van der Waals surface area contributed by atoms with Crippen molar-refractivity contribution >= 4 is 33.9 Å². The number of nitrogens with zero attached hydrogens (tertiary/aromatic N) is 3. The molecular formula is C15H10ClF3N4S. The first-order chi connectivity index (χ1) is 11.5. The van der Waals surface area contributed by atoms with Crippen LogP contribution in [0.5, 0.6) is 0 Å². The molecule has 0 aliphatic rings. The minimum Gasteiger partial charge on any atom is -0.316 e. The van der Waals surface area contributed by atoms with Crippen molar-refractivity contribution in [3.63, 3.8) is 0 Å². The van der Waals surface area contributed by atoms with Crippen molar-refractivity contribution in [2.75, 3.05) is 5.32 Å². The zero-order valence-electron chi connectivity index (χ0n) is 12.0. The zero-order valence-corrected chi connectivity index (χ0v) is 13.6. The molecule has 0 unspecified atom stereocenters. The van der Waals surface area contributed by atoms with Gasteiger partial charge in [-0.3, -0.25) is 4.98 Å². The molecule has 0 aliphatic carbocycles.